The molecule has 5 heterocycles. The average molecular weight is 620 g/mol. The highest BCUT2D eigenvalue weighted by atomic mass is 32.2. The van der Waals surface area contributed by atoms with Crippen LogP contribution in [0.4, 0.5) is 11.4 Å². The van der Waals surface area contributed by atoms with Crippen LogP contribution in [0.2, 0.25) is 0 Å². The molecule has 1 unspecified atom stereocenters. The molecule has 2 aliphatic heterocycles. The Hall–Kier alpha value is -3.35. The minimum atomic E-state index is -3.58. The van der Waals surface area contributed by atoms with Gasteiger partial charge in [-0.05, 0) is 78.1 Å². The van der Waals surface area contributed by atoms with Crippen molar-refractivity contribution in [2.45, 2.75) is 77.0 Å². The fourth-order valence-corrected chi connectivity index (χ4v) is 7.71. The zero-order chi connectivity index (χ0) is 30.5. The van der Waals surface area contributed by atoms with E-state index in [1.807, 2.05) is 45.0 Å². The van der Waals surface area contributed by atoms with Crippen molar-refractivity contribution < 1.29 is 13.2 Å². The number of pyridine rings is 1. The summed E-state index contributed by atoms with van der Waals surface area (Å²) in [5.74, 6) is 2.35. The number of ether oxygens (including phenoxy) is 1. The normalized spacial score (nSPS) is 18.7. The molecule has 1 atom stereocenters. The molecular weight excluding hydrogens is 583 g/mol. The van der Waals surface area contributed by atoms with Gasteiger partial charge in [0.15, 0.2) is 15.5 Å². The summed E-state index contributed by atoms with van der Waals surface area (Å²) in [6, 6.07) is 9.36. The maximum absolute atomic E-state index is 13.1. The Labute approximate surface area is 256 Å². The topological polar surface area (TPSA) is 124 Å². The van der Waals surface area contributed by atoms with E-state index in [4.69, 9.17) is 19.7 Å². The third-order valence-electron chi connectivity index (χ3n) is 7.57. The molecule has 0 aliphatic carbocycles. The lowest BCUT2D eigenvalue weighted by Crippen LogP contribution is -2.19. The summed E-state index contributed by atoms with van der Waals surface area (Å²) in [5, 5.41) is 4.29. The number of anilines is 2. The highest BCUT2D eigenvalue weighted by Gasteiger charge is 2.28. The average Bonchev–Trinajstić information content (AvgIpc) is 3.46. The zero-order valence-corrected chi connectivity index (χ0v) is 27.1. The van der Waals surface area contributed by atoms with E-state index in [-0.39, 0.29) is 16.7 Å². The lowest BCUT2D eigenvalue weighted by molar-refractivity contribution is -0.0309. The van der Waals surface area contributed by atoms with Gasteiger partial charge < -0.3 is 10.1 Å². The SMILES string of the molecule is Cc1cc(Cc2cc(Nc3ccc(C4=NC(C)(C)CS4)cc3S(C)(=O)=O)c3nc(C)n(C4CCCCO4)c3n2)nc(C)n1. The molecule has 1 saturated heterocycles. The van der Waals surface area contributed by atoms with Crippen molar-refractivity contribution in [3.8, 4) is 0 Å². The zero-order valence-electron chi connectivity index (χ0n) is 25.4. The molecule has 4 aromatic rings. The van der Waals surface area contributed by atoms with Crippen LogP contribution < -0.4 is 5.32 Å². The molecule has 12 heteroatoms. The summed E-state index contributed by atoms with van der Waals surface area (Å²) >= 11 is 1.65. The largest absolute Gasteiger partial charge is 0.358 e. The fraction of sp³-hybridized carbons (Fsp3) is 0.452. The van der Waals surface area contributed by atoms with Gasteiger partial charge in [0.2, 0.25) is 0 Å². The molecule has 226 valence electrons. The van der Waals surface area contributed by atoms with Crippen LogP contribution in [0.5, 0.6) is 0 Å². The van der Waals surface area contributed by atoms with Gasteiger partial charge in [0.25, 0.3) is 0 Å². The van der Waals surface area contributed by atoms with Crippen molar-refractivity contribution in [2.75, 3.05) is 23.9 Å². The van der Waals surface area contributed by atoms with E-state index in [0.29, 0.717) is 41.4 Å². The Morgan fingerprint density at radius 1 is 1.02 bits per heavy atom. The quantitative estimate of drug-likeness (QED) is 0.271. The van der Waals surface area contributed by atoms with Crippen LogP contribution in [0.3, 0.4) is 0 Å². The van der Waals surface area contributed by atoms with E-state index in [0.717, 1.165) is 58.5 Å². The van der Waals surface area contributed by atoms with Gasteiger partial charge in [0.05, 0.1) is 38.2 Å². The first-order chi connectivity index (χ1) is 20.4. The molecule has 0 radical (unpaired) electrons. The van der Waals surface area contributed by atoms with Gasteiger partial charge in [-0.1, -0.05) is 6.07 Å². The molecule has 0 bridgehead atoms. The first-order valence-electron chi connectivity index (χ1n) is 14.5. The number of fused-ring (bicyclic) bond motifs is 1. The number of nitrogens with one attached hydrogen (secondary N) is 1. The molecule has 6 rings (SSSR count). The first-order valence-corrected chi connectivity index (χ1v) is 17.4. The van der Waals surface area contributed by atoms with Crippen LogP contribution in [0.1, 0.15) is 73.6 Å². The molecule has 1 N–H and O–H groups in total. The van der Waals surface area contributed by atoms with Gasteiger partial charge in [-0.3, -0.25) is 9.56 Å². The number of nitrogens with zero attached hydrogens (tertiary/aromatic N) is 6. The van der Waals surface area contributed by atoms with Crippen LogP contribution in [0.25, 0.3) is 11.2 Å². The van der Waals surface area contributed by atoms with Crippen LogP contribution >= 0.6 is 11.8 Å². The number of imidazole rings is 1. The summed E-state index contributed by atoms with van der Waals surface area (Å²) in [5.41, 5.74) is 5.65. The van der Waals surface area contributed by atoms with Crippen LogP contribution in [0.15, 0.2) is 40.2 Å². The lowest BCUT2D eigenvalue weighted by atomic mass is 10.1. The molecule has 1 aromatic carbocycles. The summed E-state index contributed by atoms with van der Waals surface area (Å²) in [6.07, 6.45) is 4.54. The highest BCUT2D eigenvalue weighted by molar-refractivity contribution is 8.14. The van der Waals surface area contributed by atoms with Gasteiger partial charge in [0.1, 0.15) is 23.4 Å². The van der Waals surface area contributed by atoms with E-state index in [9.17, 15) is 8.42 Å². The van der Waals surface area contributed by atoms with Crippen molar-refractivity contribution in [1.29, 1.82) is 0 Å². The number of sulfone groups is 1. The summed E-state index contributed by atoms with van der Waals surface area (Å²) in [7, 11) is -3.58. The van der Waals surface area contributed by atoms with Crippen LogP contribution in [-0.2, 0) is 21.0 Å². The molecule has 0 spiro atoms. The molecule has 2 aliphatic rings. The van der Waals surface area contributed by atoms with E-state index >= 15 is 0 Å². The molecule has 10 nitrogen and oxygen atoms in total. The first kappa shape index (κ1) is 29.7. The second kappa shape index (κ2) is 11.3. The fourth-order valence-electron chi connectivity index (χ4n) is 5.69. The number of benzene rings is 1. The third-order valence-corrected chi connectivity index (χ3v) is 10.2. The number of rotatable bonds is 7. The van der Waals surface area contributed by atoms with Crippen LogP contribution in [0, 0.1) is 20.8 Å². The lowest BCUT2D eigenvalue weighted by Gasteiger charge is -2.25. The smallest absolute Gasteiger partial charge is 0.177 e. The molecule has 0 saturated carbocycles. The standard InChI is InChI=1S/C31H37N7O3S2/c1-18-13-22(33-19(2)32-18)15-23-16-25(28-29(35-23)38(20(3)34-28)27-9-7-8-12-41-27)36-24-11-10-21(14-26(24)43(6,39)40)30-37-31(4,5)17-42-30/h10-11,13-14,16,27H,7-9,12,15,17H2,1-6H3,(H,35,36). The van der Waals surface area contributed by atoms with Crippen LogP contribution in [-0.4, -0.2) is 62.1 Å². The monoisotopic (exact) mass is 619 g/mol. The van der Waals surface area contributed by atoms with Gasteiger partial charge in [-0.2, -0.15) is 0 Å². The predicted octanol–water partition coefficient (Wildman–Crippen LogP) is 5.86. The minimum absolute atomic E-state index is 0.155. The Bertz CT molecular complexity index is 1840. The van der Waals surface area contributed by atoms with Crippen molar-refractivity contribution in [3.63, 3.8) is 0 Å². The van der Waals surface area contributed by atoms with Gasteiger partial charge in [-0.25, -0.2) is 28.4 Å². The van der Waals surface area contributed by atoms with E-state index in [2.05, 4.69) is 33.7 Å². The highest BCUT2D eigenvalue weighted by Crippen LogP contribution is 2.36. The second-order valence-corrected chi connectivity index (χ2v) is 15.0. The molecule has 0 amide bonds. The molecule has 43 heavy (non-hydrogen) atoms. The number of hydrogen-bond donors (Lipinski definition) is 1. The van der Waals surface area contributed by atoms with Gasteiger partial charge in [-0.15, -0.1) is 11.8 Å². The van der Waals surface area contributed by atoms with Crippen molar-refractivity contribution in [3.05, 3.63) is 64.6 Å². The maximum atomic E-state index is 13.1. The Morgan fingerprint density at radius 2 is 1.81 bits per heavy atom. The third kappa shape index (κ3) is 6.32. The van der Waals surface area contributed by atoms with Crippen molar-refractivity contribution in [1.82, 2.24) is 24.5 Å². The number of aryl methyl sites for hydroxylation is 3. The number of aliphatic imine (C=N–C) groups is 1. The molecule has 3 aromatic heterocycles. The summed E-state index contributed by atoms with van der Waals surface area (Å²) < 4.78 is 34.4. The van der Waals surface area contributed by atoms with Gasteiger partial charge >= 0.3 is 0 Å². The Kier molecular flexibility index (Phi) is 7.80. The Balaban J connectivity index is 1.47. The van der Waals surface area contributed by atoms with Gasteiger partial charge in [0, 0.05) is 36.3 Å². The number of thioether (sulfide) groups is 1. The number of hydrogen-bond acceptors (Lipinski definition) is 10. The minimum Gasteiger partial charge on any atom is -0.358 e. The second-order valence-electron chi connectivity index (χ2n) is 12.0. The summed E-state index contributed by atoms with van der Waals surface area (Å²) in [6.45, 7) is 10.6. The Morgan fingerprint density at radius 3 is 2.49 bits per heavy atom. The molecular formula is C31H37N7O3S2. The predicted molar refractivity (Wildman–Crippen MR) is 171 cm³/mol. The van der Waals surface area contributed by atoms with E-state index in [1.165, 1.54) is 6.26 Å². The summed E-state index contributed by atoms with van der Waals surface area (Å²) in [4.78, 5) is 24.0. The van der Waals surface area contributed by atoms with Crippen molar-refractivity contribution in [2.24, 2.45) is 4.99 Å². The van der Waals surface area contributed by atoms with Crippen molar-refractivity contribution >= 4 is 49.2 Å². The maximum Gasteiger partial charge on any atom is 0.177 e. The van der Waals surface area contributed by atoms with E-state index < -0.39 is 9.84 Å². The van der Waals surface area contributed by atoms with E-state index in [1.54, 1.807) is 17.8 Å². The molecule has 1 fully saturated rings. The number of aromatic nitrogens is 5.